The zero-order valence-electron chi connectivity index (χ0n) is 83.4. The summed E-state index contributed by atoms with van der Waals surface area (Å²) in [5, 5.41) is 0. The van der Waals surface area contributed by atoms with Gasteiger partial charge < -0.3 is 19.9 Å². The fraction of sp³-hybridized carbons (Fsp3) is 0.0741. The van der Waals surface area contributed by atoms with Crippen LogP contribution in [0, 0.1) is 104 Å². The van der Waals surface area contributed by atoms with Crippen LogP contribution < -0.4 is 0 Å². The molecule has 0 aliphatic heterocycles. The van der Waals surface area contributed by atoms with Gasteiger partial charge in [-0.25, -0.2) is 0 Å². The molecule has 11 heteroatoms. The van der Waals surface area contributed by atoms with Crippen molar-refractivity contribution in [3.63, 3.8) is 0 Å². The summed E-state index contributed by atoms with van der Waals surface area (Å²) in [5.74, 6) is 4.50. The van der Waals surface area contributed by atoms with Crippen LogP contribution in [0.4, 0.5) is 0 Å². The molecule has 0 aliphatic carbocycles. The van der Waals surface area contributed by atoms with E-state index in [0.717, 1.165) is 134 Å². The van der Waals surface area contributed by atoms with E-state index in [4.69, 9.17) is 0 Å². The molecular formula is C135H117Ir4N7-4. The summed E-state index contributed by atoms with van der Waals surface area (Å²) in [6.07, 6.45) is 52.2. The zero-order chi connectivity index (χ0) is 99.3. The predicted octanol–water partition coefficient (Wildman–Crippen LogP) is 34.5. The smallest absolute Gasteiger partial charge is 0.0702 e. The van der Waals surface area contributed by atoms with Crippen LogP contribution in [0.25, 0.3) is 164 Å². The maximum absolute atomic E-state index is 4.69. The molecule has 7 aromatic heterocycles. The predicted molar refractivity (Wildman–Crippen MR) is 609 cm³/mol. The van der Waals surface area contributed by atoms with Crippen LogP contribution in [-0.2, 0) is 80.4 Å². The number of hydrogen-bond acceptors (Lipinski definition) is 7. The molecule has 0 atom stereocenters. The number of benzene rings is 12. The van der Waals surface area contributed by atoms with Crippen LogP contribution in [0.1, 0.15) is 139 Å². The van der Waals surface area contributed by atoms with Crippen molar-refractivity contribution in [1.29, 1.82) is 0 Å². The van der Waals surface area contributed by atoms with Gasteiger partial charge >= 0.3 is 0 Å². The summed E-state index contributed by atoms with van der Waals surface area (Å²) < 4.78 is 0. The third-order valence-corrected chi connectivity index (χ3v) is 21.9. The summed E-state index contributed by atoms with van der Waals surface area (Å²) in [4.78, 5) is 32.1. The summed E-state index contributed by atoms with van der Waals surface area (Å²) in [6, 6.07) is 137. The Hall–Kier alpha value is -15.4. The maximum Gasteiger partial charge on any atom is 0.0702 e. The van der Waals surface area contributed by atoms with E-state index in [1.54, 1.807) is 13.8 Å². The number of pyridine rings is 7. The molecule has 0 unspecified atom stereocenters. The van der Waals surface area contributed by atoms with Gasteiger partial charge in [0.1, 0.15) is 0 Å². The second-order valence-corrected chi connectivity index (χ2v) is 34.1. The number of aryl methyl sites for hydroxylation is 8. The van der Waals surface area contributed by atoms with E-state index in [2.05, 4.69) is 412 Å². The Morgan fingerprint density at radius 2 is 0.336 bits per heavy atom. The van der Waals surface area contributed by atoms with Gasteiger partial charge in [-0.3, -0.25) is 15.0 Å². The van der Waals surface area contributed by atoms with Crippen LogP contribution in [0.5, 0.6) is 0 Å². The van der Waals surface area contributed by atoms with Gasteiger partial charge in [-0.1, -0.05) is 360 Å². The number of terminal acetylenes is 2. The Morgan fingerprint density at radius 3 is 0.486 bits per heavy atom. The van der Waals surface area contributed by atoms with Gasteiger partial charge in [-0.05, 0) is 206 Å². The van der Waals surface area contributed by atoms with Crippen molar-refractivity contribution in [2.45, 2.75) is 69.2 Å². The Balaban J connectivity index is 0.000000256. The number of aromatic nitrogens is 7. The summed E-state index contributed by atoms with van der Waals surface area (Å²) in [6.45, 7) is 20.3. The Kier molecular flexibility index (Phi) is 48.1. The van der Waals surface area contributed by atoms with Gasteiger partial charge in [0.05, 0.1) is 17.1 Å². The van der Waals surface area contributed by atoms with E-state index >= 15 is 0 Å². The van der Waals surface area contributed by atoms with Crippen LogP contribution in [0.2, 0.25) is 0 Å². The first-order valence-electron chi connectivity index (χ1n) is 47.2. The fourth-order valence-corrected chi connectivity index (χ4v) is 15.5. The normalized spacial score (nSPS) is 10.5. The molecule has 0 amide bonds. The average Bonchev–Trinajstić information content (AvgIpc) is 0.834. The summed E-state index contributed by atoms with van der Waals surface area (Å²) in [5.41, 5.74) is 40.1. The molecular weight excluding hydrogens is 2490 g/mol. The molecule has 0 N–H and O–H groups in total. The minimum absolute atomic E-state index is 0. The van der Waals surface area contributed by atoms with E-state index in [1.165, 1.54) is 66.8 Å². The first-order chi connectivity index (χ1) is 69.4. The van der Waals surface area contributed by atoms with Crippen molar-refractivity contribution in [3.8, 4) is 103 Å². The monoisotopic (exact) mass is 2610 g/mol. The fourth-order valence-electron chi connectivity index (χ4n) is 15.5. The van der Waals surface area contributed by atoms with Crippen molar-refractivity contribution < 1.29 is 83.3 Å². The van der Waals surface area contributed by atoms with E-state index in [-0.39, 0.29) is 83.3 Å². The number of hydrogen-bond donors (Lipinski definition) is 0. The molecule has 0 saturated carbocycles. The minimum Gasteiger partial charge on any atom is -0.304 e. The average molecular weight is 2610 g/mol. The van der Waals surface area contributed by atoms with Gasteiger partial charge in [-0.2, -0.15) is 0 Å². The van der Waals surface area contributed by atoms with Gasteiger partial charge in [0, 0.05) is 143 Å². The van der Waals surface area contributed by atoms with E-state index in [1.807, 2.05) is 219 Å². The standard InChI is InChI=1S/C45H33N3.4C21H18N.2C3H4.4Ir.2H2/c1-4-10-40(11-5-1)43-25-22-34(31-46-43)16-19-37-28-38(20-17-35-23-26-44(47-32-35)41-12-6-2-7-13-41)30-39(29-37)21-18-36-24-27-45(48-33-36)42-14-8-3-9-15-42;4*1-16-12-17(2)14-19(13-16)9-8-18-10-11-21(22-15-18)20-6-4-3-5-7-20;2*1-3-2;;;;;;/h1-33H;4*3-6,8-15H,1-2H3;2*1H,2H3;;;;;2*1H/q;4*-1;;;;;;;;/b19-16-,20-17-,21-18-;4*9-8-;;;;;;;;/i;;;;;;;;;;;2*1+1. The minimum atomic E-state index is 0. The molecule has 0 saturated heterocycles. The SMILES string of the molecule is C#CC.C#CC.C(=C/c1cc(/C=C\c2ccc(-c3ccccc3)nc2)cc(/C=C\c2ccc(-c3ccccc3)nc2)c1)/c1ccc(-c2ccccc2)nc1.Cc1cc(C)cc(/C=C\c2ccc(-c3[c-]cccc3)nc2)c1.Cc1cc(C)cc(/C=C\c2ccc(-c3[c-]cccc3)nc2)c1.Cc1cc(C)cc(/C=C\c2ccc(-c3[c-]cccc3)nc2)c1.Cc1cc(C)cc(/C=C\c2ccc(-c3[c-]cccc3)nc2)c1.[2HH].[2HH].[Ir].[Ir].[Ir].[Ir]. The second kappa shape index (κ2) is 61.5. The van der Waals surface area contributed by atoms with Gasteiger partial charge in [0.15, 0.2) is 0 Å². The van der Waals surface area contributed by atoms with Gasteiger partial charge in [0.25, 0.3) is 0 Å². The van der Waals surface area contributed by atoms with Gasteiger partial charge in [-0.15, -0.1) is 168 Å². The molecule has 7 heterocycles. The molecule has 0 fully saturated rings. The molecule has 732 valence electrons. The van der Waals surface area contributed by atoms with E-state index in [9.17, 15) is 0 Å². The Morgan fingerprint density at radius 1 is 0.185 bits per heavy atom. The number of rotatable bonds is 21. The van der Waals surface area contributed by atoms with E-state index in [0.29, 0.717) is 0 Å². The molecule has 7 nitrogen and oxygen atoms in total. The first-order valence-corrected chi connectivity index (χ1v) is 47.2. The van der Waals surface area contributed by atoms with Crippen LogP contribution in [0.15, 0.2) is 407 Å². The molecule has 146 heavy (non-hydrogen) atoms. The van der Waals surface area contributed by atoms with Crippen LogP contribution >= 0.6 is 0 Å². The molecule has 0 aliphatic rings. The summed E-state index contributed by atoms with van der Waals surface area (Å²) >= 11 is 0. The molecule has 12 aromatic carbocycles. The molecule has 19 rings (SSSR count). The number of nitrogens with zero attached hydrogens (tertiary/aromatic N) is 7. The molecule has 0 bridgehead atoms. The molecule has 0 spiro atoms. The van der Waals surface area contributed by atoms with Crippen molar-refractivity contribution in [2.24, 2.45) is 0 Å². The molecule has 4 radical (unpaired) electrons. The third kappa shape index (κ3) is 38.4. The largest absolute Gasteiger partial charge is 0.304 e. The topological polar surface area (TPSA) is 90.2 Å². The van der Waals surface area contributed by atoms with Crippen molar-refractivity contribution in [3.05, 3.63) is 554 Å². The third-order valence-electron chi connectivity index (χ3n) is 21.9. The first kappa shape index (κ1) is 114. The van der Waals surface area contributed by atoms with Crippen LogP contribution in [-0.4, -0.2) is 34.9 Å². The van der Waals surface area contributed by atoms with Gasteiger partial charge in [0.2, 0.25) is 0 Å². The Bertz CT molecular complexity index is 6610. The van der Waals surface area contributed by atoms with Crippen molar-refractivity contribution >= 4 is 85.1 Å². The van der Waals surface area contributed by atoms with Crippen molar-refractivity contribution in [2.75, 3.05) is 0 Å². The molecule has 19 aromatic rings. The van der Waals surface area contributed by atoms with E-state index < -0.39 is 0 Å². The quantitative estimate of drug-likeness (QED) is 0.0523. The van der Waals surface area contributed by atoms with Crippen LogP contribution in [0.3, 0.4) is 0 Å². The summed E-state index contributed by atoms with van der Waals surface area (Å²) in [7, 11) is 0. The second-order valence-electron chi connectivity index (χ2n) is 34.1. The Labute approximate surface area is 921 Å². The maximum atomic E-state index is 4.69. The van der Waals surface area contributed by atoms with Crippen molar-refractivity contribution in [1.82, 2.24) is 34.9 Å². The zero-order valence-corrected chi connectivity index (χ0v) is 93.0.